The molecule has 0 spiro atoms. The molecule has 1 aromatic carbocycles. The van der Waals surface area contributed by atoms with Crippen molar-refractivity contribution in [1.29, 1.82) is 0 Å². The summed E-state index contributed by atoms with van der Waals surface area (Å²) < 4.78 is 10.7. The molecule has 1 saturated heterocycles. The maximum atomic E-state index is 11.9. The summed E-state index contributed by atoms with van der Waals surface area (Å²) in [4.78, 5) is 11.9. The summed E-state index contributed by atoms with van der Waals surface area (Å²) in [5.74, 6) is 2.66. The summed E-state index contributed by atoms with van der Waals surface area (Å²) in [6.07, 6.45) is 6.08. The van der Waals surface area contributed by atoms with Crippen LogP contribution < -0.4 is 0 Å². The van der Waals surface area contributed by atoms with Crippen molar-refractivity contribution in [1.82, 2.24) is 0 Å². The Morgan fingerprint density at radius 3 is 2.74 bits per heavy atom. The Morgan fingerprint density at radius 1 is 1.42 bits per heavy atom. The molecule has 1 aromatic rings. The third-order valence-electron chi connectivity index (χ3n) is 3.14. The molecule has 1 aliphatic rings. The molecule has 0 amide bonds. The van der Waals surface area contributed by atoms with Crippen LogP contribution in [0.1, 0.15) is 18.4 Å². The molecule has 0 aliphatic carbocycles. The molecule has 1 unspecified atom stereocenters. The van der Waals surface area contributed by atoms with Crippen molar-refractivity contribution in [2.24, 2.45) is 5.41 Å². The van der Waals surface area contributed by atoms with Crippen LogP contribution in [0.25, 0.3) is 0 Å². The molecule has 19 heavy (non-hydrogen) atoms. The van der Waals surface area contributed by atoms with Crippen molar-refractivity contribution in [3.05, 3.63) is 48.2 Å². The number of carbonyl (C=O) groups is 1. The largest absolute Gasteiger partial charge is 0.431 e. The molecule has 0 bridgehead atoms. The zero-order valence-corrected chi connectivity index (χ0v) is 10.7. The number of esters is 1. The van der Waals surface area contributed by atoms with Gasteiger partial charge in [-0.05, 0) is 5.56 Å². The van der Waals surface area contributed by atoms with Crippen molar-refractivity contribution in [3.63, 3.8) is 0 Å². The summed E-state index contributed by atoms with van der Waals surface area (Å²) in [5, 5.41) is 0. The van der Waals surface area contributed by atoms with Gasteiger partial charge in [0.2, 0.25) is 0 Å². The number of hydrogen-bond donors (Lipinski definition) is 0. The summed E-state index contributed by atoms with van der Waals surface area (Å²) >= 11 is 0. The lowest BCUT2D eigenvalue weighted by molar-refractivity contribution is -0.147. The molecular formula is C16H16O3. The van der Waals surface area contributed by atoms with Crippen LogP contribution in [0.5, 0.6) is 0 Å². The lowest BCUT2D eigenvalue weighted by Crippen LogP contribution is -2.31. The molecule has 0 aromatic heterocycles. The van der Waals surface area contributed by atoms with Crippen LogP contribution in [0.2, 0.25) is 0 Å². The third-order valence-corrected chi connectivity index (χ3v) is 3.14. The Bertz CT molecular complexity index is 513. The van der Waals surface area contributed by atoms with E-state index in [1.807, 2.05) is 30.3 Å². The van der Waals surface area contributed by atoms with E-state index in [1.54, 1.807) is 0 Å². The van der Waals surface area contributed by atoms with Gasteiger partial charge in [0.05, 0.1) is 13.2 Å². The molecule has 0 N–H and O–H groups in total. The monoisotopic (exact) mass is 256 g/mol. The molecule has 1 fully saturated rings. The lowest BCUT2D eigenvalue weighted by Gasteiger charge is -2.21. The summed E-state index contributed by atoms with van der Waals surface area (Å²) in [6, 6.07) is 9.78. The van der Waals surface area contributed by atoms with Gasteiger partial charge in [0.1, 0.15) is 11.2 Å². The number of benzene rings is 1. The Hall–Kier alpha value is -2.05. The number of terminal acetylenes is 1. The third kappa shape index (κ3) is 3.04. The maximum Gasteiger partial charge on any atom is 0.320 e. The van der Waals surface area contributed by atoms with Crippen LogP contribution in [-0.2, 0) is 20.9 Å². The highest BCUT2D eigenvalue weighted by atomic mass is 16.6. The molecule has 1 atom stereocenters. The molecule has 1 aliphatic heterocycles. The summed E-state index contributed by atoms with van der Waals surface area (Å²) in [7, 11) is 0. The van der Waals surface area contributed by atoms with Crippen molar-refractivity contribution in [2.75, 3.05) is 6.61 Å². The molecule has 2 rings (SSSR count). The second-order valence-corrected chi connectivity index (χ2v) is 4.74. The zero-order valence-electron chi connectivity index (χ0n) is 10.7. The fourth-order valence-corrected chi connectivity index (χ4v) is 2.15. The Morgan fingerprint density at radius 2 is 2.16 bits per heavy atom. The number of cyclic esters (lactones) is 1. The van der Waals surface area contributed by atoms with Gasteiger partial charge in [-0.2, -0.15) is 0 Å². The van der Waals surface area contributed by atoms with E-state index in [4.69, 9.17) is 15.9 Å². The van der Waals surface area contributed by atoms with Crippen LogP contribution in [0, 0.1) is 17.8 Å². The first-order valence-electron chi connectivity index (χ1n) is 6.11. The number of allylic oxidation sites excluding steroid dienone is 1. The van der Waals surface area contributed by atoms with Gasteiger partial charge in [-0.25, -0.2) is 0 Å². The van der Waals surface area contributed by atoms with Gasteiger partial charge in [-0.3, -0.25) is 4.79 Å². The minimum absolute atomic E-state index is 0.254. The highest BCUT2D eigenvalue weighted by Crippen LogP contribution is 2.38. The highest BCUT2D eigenvalue weighted by molar-refractivity contribution is 5.81. The van der Waals surface area contributed by atoms with Gasteiger partial charge in [0.15, 0.2) is 0 Å². The van der Waals surface area contributed by atoms with Gasteiger partial charge in [-0.1, -0.05) is 36.9 Å². The number of hydrogen-bond acceptors (Lipinski definition) is 3. The van der Waals surface area contributed by atoms with E-state index in [0.717, 1.165) is 5.56 Å². The fourth-order valence-electron chi connectivity index (χ4n) is 2.15. The smallest absolute Gasteiger partial charge is 0.320 e. The van der Waals surface area contributed by atoms with E-state index in [1.165, 1.54) is 0 Å². The van der Waals surface area contributed by atoms with E-state index in [2.05, 4.69) is 12.5 Å². The lowest BCUT2D eigenvalue weighted by atomic mass is 9.83. The maximum absolute atomic E-state index is 11.9. The van der Waals surface area contributed by atoms with Gasteiger partial charge < -0.3 is 9.47 Å². The van der Waals surface area contributed by atoms with Crippen LogP contribution in [0.3, 0.4) is 0 Å². The summed E-state index contributed by atoms with van der Waals surface area (Å²) in [5.41, 5.74) is 0.296. The van der Waals surface area contributed by atoms with Gasteiger partial charge in [0.25, 0.3) is 0 Å². The first kappa shape index (κ1) is 13.4. The Labute approximate surface area is 113 Å². The normalized spacial score (nSPS) is 22.1. The Balaban J connectivity index is 1.97. The SMILES string of the molecule is C#CCC1(COCc2ccccc2)CC(=C)OC1=O. The van der Waals surface area contributed by atoms with Gasteiger partial charge >= 0.3 is 5.97 Å². The zero-order chi connectivity index (χ0) is 13.7. The molecule has 0 saturated carbocycles. The minimum atomic E-state index is -0.763. The number of carbonyl (C=O) groups excluding carboxylic acids is 1. The van der Waals surface area contributed by atoms with Crippen molar-refractivity contribution < 1.29 is 14.3 Å². The fraction of sp³-hybridized carbons (Fsp3) is 0.312. The van der Waals surface area contributed by atoms with E-state index < -0.39 is 5.41 Å². The molecule has 3 heteroatoms. The predicted octanol–water partition coefficient (Wildman–Crippen LogP) is 2.67. The van der Waals surface area contributed by atoms with Gasteiger partial charge in [0, 0.05) is 12.8 Å². The first-order chi connectivity index (χ1) is 9.16. The second kappa shape index (κ2) is 5.73. The van der Waals surface area contributed by atoms with Crippen LogP contribution in [0.4, 0.5) is 0 Å². The second-order valence-electron chi connectivity index (χ2n) is 4.74. The average molecular weight is 256 g/mol. The standard InChI is InChI=1S/C16H16O3/c1-3-9-16(10-13(2)19-15(16)17)12-18-11-14-7-5-4-6-8-14/h1,4-8H,2,9-12H2. The van der Waals surface area contributed by atoms with E-state index in [-0.39, 0.29) is 12.6 Å². The molecule has 0 radical (unpaired) electrons. The van der Waals surface area contributed by atoms with E-state index >= 15 is 0 Å². The number of rotatable bonds is 5. The first-order valence-corrected chi connectivity index (χ1v) is 6.11. The molecule has 98 valence electrons. The van der Waals surface area contributed by atoms with Gasteiger partial charge in [-0.15, -0.1) is 12.3 Å². The highest BCUT2D eigenvalue weighted by Gasteiger charge is 2.46. The average Bonchev–Trinajstić information content (AvgIpc) is 2.66. The molecular weight excluding hydrogens is 240 g/mol. The predicted molar refractivity (Wildman–Crippen MR) is 71.8 cm³/mol. The van der Waals surface area contributed by atoms with Crippen molar-refractivity contribution >= 4 is 5.97 Å². The van der Waals surface area contributed by atoms with Crippen molar-refractivity contribution in [2.45, 2.75) is 19.4 Å². The Kier molecular flexibility index (Phi) is 4.03. The minimum Gasteiger partial charge on any atom is -0.431 e. The van der Waals surface area contributed by atoms with Crippen molar-refractivity contribution in [3.8, 4) is 12.3 Å². The summed E-state index contributed by atoms with van der Waals surface area (Å²) in [6.45, 7) is 4.39. The molecule has 3 nitrogen and oxygen atoms in total. The number of ether oxygens (including phenoxy) is 2. The van der Waals surface area contributed by atoms with Crippen LogP contribution in [-0.4, -0.2) is 12.6 Å². The quantitative estimate of drug-likeness (QED) is 0.600. The van der Waals surface area contributed by atoms with E-state index in [9.17, 15) is 4.79 Å². The van der Waals surface area contributed by atoms with Crippen LogP contribution in [0.15, 0.2) is 42.7 Å². The molecule has 1 heterocycles. The van der Waals surface area contributed by atoms with E-state index in [0.29, 0.717) is 25.2 Å². The topological polar surface area (TPSA) is 35.5 Å². The van der Waals surface area contributed by atoms with Crippen LogP contribution >= 0.6 is 0 Å².